The van der Waals surface area contributed by atoms with Crippen molar-refractivity contribution in [1.29, 1.82) is 0 Å². The SMILES string of the molecule is COC(=O)[C@@H](Cc1c[nH]c2ccccc12)NS(=O)(=O)c1ccc(NC(=O)c2ccc([I+]c3ccc(OC)cc3)cc2)cc1.O=S(=O)([O-])C(F)(F)F. The minimum absolute atomic E-state index is 0.0508. The molecular formula is C33H29F3IN3O9S2. The molecule has 0 aliphatic carbocycles. The second kappa shape index (κ2) is 16.7. The highest BCUT2D eigenvalue weighted by Crippen LogP contribution is 2.22. The van der Waals surface area contributed by atoms with Crippen LogP contribution in [0.1, 0.15) is 15.9 Å². The number of ether oxygens (including phenoxy) is 2. The van der Waals surface area contributed by atoms with Gasteiger partial charge in [0.1, 0.15) is 11.8 Å². The first-order valence-electron chi connectivity index (χ1n) is 14.5. The number of amides is 1. The fourth-order valence-electron chi connectivity index (χ4n) is 4.44. The highest BCUT2D eigenvalue weighted by molar-refractivity contribution is 7.89. The molecule has 0 radical (unpaired) electrons. The van der Waals surface area contributed by atoms with Crippen LogP contribution in [0.25, 0.3) is 10.9 Å². The number of halogens is 4. The van der Waals surface area contributed by atoms with Crippen molar-refractivity contribution >= 4 is 48.6 Å². The number of fused-ring (bicyclic) bond motifs is 1. The van der Waals surface area contributed by atoms with Gasteiger partial charge < -0.3 is 24.3 Å². The Balaban J connectivity index is 0.000000652. The van der Waals surface area contributed by atoms with Gasteiger partial charge in [-0.15, -0.1) is 0 Å². The third-order valence-corrected chi connectivity index (χ3v) is 11.7. The Kier molecular flexibility index (Phi) is 12.8. The third-order valence-electron chi connectivity index (χ3n) is 6.96. The van der Waals surface area contributed by atoms with E-state index < -0.39 is 58.9 Å². The van der Waals surface area contributed by atoms with Crippen LogP contribution in [-0.2, 0) is 36.1 Å². The molecule has 12 nitrogen and oxygen atoms in total. The van der Waals surface area contributed by atoms with Gasteiger partial charge in [-0.25, -0.2) is 16.8 Å². The number of carbonyl (C=O) groups is 2. The third kappa shape index (κ3) is 10.7. The normalized spacial score (nSPS) is 12.4. The standard InChI is InChI=1S/C32H28IN3O6S.CHF3O3S/c1-41-26-15-11-24(12-16-26)33-23-9-7-21(8-10-23)31(37)35-25-13-17-27(18-14-25)43(39,40)36-30(32(38)42-2)19-22-20-34-29-6-4-3-5-28(22)29;2-1(3,4)8(5,6)7/h3-18,20,30,34,36H,19H2,1-2H3;(H,5,6,7)/t30-;/m1./s1. The summed E-state index contributed by atoms with van der Waals surface area (Å²) in [5.74, 6) is -0.198. The number of hydrogen-bond acceptors (Lipinski definition) is 9. The van der Waals surface area contributed by atoms with Crippen molar-refractivity contribution < 1.29 is 74.8 Å². The van der Waals surface area contributed by atoms with Crippen LogP contribution in [-0.4, -0.2) is 64.0 Å². The molecule has 1 amide bonds. The van der Waals surface area contributed by atoms with Gasteiger partial charge in [0, 0.05) is 34.8 Å². The number of carbonyl (C=O) groups excluding carboxylic acids is 2. The van der Waals surface area contributed by atoms with Crippen LogP contribution in [0.4, 0.5) is 18.9 Å². The Morgan fingerprint density at radius 1 is 0.863 bits per heavy atom. The van der Waals surface area contributed by atoms with Gasteiger partial charge >= 0.3 is 32.7 Å². The molecule has 1 atom stereocenters. The summed E-state index contributed by atoms with van der Waals surface area (Å²) in [7, 11) is -7.32. The smallest absolute Gasteiger partial charge is 0.485 e. The van der Waals surface area contributed by atoms with Crippen LogP contribution in [0.5, 0.6) is 5.75 Å². The molecule has 3 N–H and O–H groups in total. The average Bonchev–Trinajstić information content (AvgIpc) is 3.50. The van der Waals surface area contributed by atoms with Crippen molar-refractivity contribution in [2.75, 3.05) is 19.5 Å². The largest absolute Gasteiger partial charge is 0.741 e. The zero-order chi connectivity index (χ0) is 37.4. The zero-order valence-corrected chi connectivity index (χ0v) is 30.4. The van der Waals surface area contributed by atoms with Gasteiger partial charge in [-0.2, -0.15) is 17.9 Å². The quantitative estimate of drug-likeness (QED) is 0.0771. The first kappa shape index (κ1) is 39.3. The molecule has 18 heteroatoms. The Hall–Kier alpha value is -4.50. The van der Waals surface area contributed by atoms with Crippen molar-refractivity contribution in [2.24, 2.45) is 0 Å². The van der Waals surface area contributed by atoms with E-state index in [4.69, 9.17) is 22.4 Å². The maximum Gasteiger partial charge on any atom is 0.485 e. The van der Waals surface area contributed by atoms with Crippen LogP contribution in [0.15, 0.2) is 108 Å². The summed E-state index contributed by atoms with van der Waals surface area (Å²) in [5, 5.41) is 3.69. The lowest BCUT2D eigenvalue weighted by atomic mass is 10.1. The highest BCUT2D eigenvalue weighted by Gasteiger charge is 2.37. The molecule has 0 fully saturated rings. The number of anilines is 1. The zero-order valence-electron chi connectivity index (χ0n) is 26.6. The predicted molar refractivity (Wildman–Crippen MR) is 175 cm³/mol. The summed E-state index contributed by atoms with van der Waals surface area (Å²) in [4.78, 5) is 28.4. The van der Waals surface area contributed by atoms with Gasteiger partial charge in [0.15, 0.2) is 17.3 Å². The molecule has 0 bridgehead atoms. The van der Waals surface area contributed by atoms with Gasteiger partial charge in [0.25, 0.3) is 5.91 Å². The maximum absolute atomic E-state index is 13.2. The van der Waals surface area contributed by atoms with Crippen LogP contribution in [0.3, 0.4) is 0 Å². The van der Waals surface area contributed by atoms with Crippen molar-refractivity contribution in [3.05, 3.63) is 122 Å². The fourth-order valence-corrected chi connectivity index (χ4v) is 7.78. The molecule has 0 spiro atoms. The van der Waals surface area contributed by atoms with E-state index >= 15 is 0 Å². The summed E-state index contributed by atoms with van der Waals surface area (Å²) < 4.78 is 100. The second-order valence-electron chi connectivity index (χ2n) is 10.4. The van der Waals surface area contributed by atoms with E-state index in [2.05, 4.69) is 15.0 Å². The van der Waals surface area contributed by atoms with Gasteiger partial charge in [-0.05, 0) is 84.4 Å². The van der Waals surface area contributed by atoms with Crippen LogP contribution in [0.2, 0.25) is 0 Å². The highest BCUT2D eigenvalue weighted by atomic mass is 127. The summed E-state index contributed by atoms with van der Waals surface area (Å²) >= 11 is -0.400. The van der Waals surface area contributed by atoms with E-state index in [1.807, 2.05) is 60.7 Å². The molecule has 51 heavy (non-hydrogen) atoms. The summed E-state index contributed by atoms with van der Waals surface area (Å²) in [6, 6.07) is 27.6. The number of esters is 1. The number of alkyl halides is 3. The van der Waals surface area contributed by atoms with Crippen molar-refractivity contribution in [1.82, 2.24) is 9.71 Å². The topological polar surface area (TPSA) is 184 Å². The Labute approximate surface area is 301 Å². The lowest BCUT2D eigenvalue weighted by molar-refractivity contribution is -0.597. The monoisotopic (exact) mass is 859 g/mol. The summed E-state index contributed by atoms with van der Waals surface area (Å²) in [6.45, 7) is 0. The minimum Gasteiger partial charge on any atom is -0.741 e. The Morgan fingerprint density at radius 3 is 1.98 bits per heavy atom. The van der Waals surface area contributed by atoms with E-state index in [9.17, 15) is 31.2 Å². The number of hydrogen-bond donors (Lipinski definition) is 3. The van der Waals surface area contributed by atoms with E-state index in [-0.39, 0.29) is 17.2 Å². The minimum atomic E-state index is -6.09. The molecule has 0 unspecified atom stereocenters. The molecule has 5 aromatic rings. The Bertz CT molecular complexity index is 2190. The lowest BCUT2D eigenvalue weighted by Gasteiger charge is -2.17. The molecule has 1 aromatic heterocycles. The maximum atomic E-state index is 13.2. The predicted octanol–water partition coefficient (Wildman–Crippen LogP) is 1.67. The molecule has 5 rings (SSSR count). The molecular weight excluding hydrogens is 830 g/mol. The number of aromatic nitrogens is 1. The lowest BCUT2D eigenvalue weighted by Crippen LogP contribution is -3.61. The number of rotatable bonds is 11. The molecule has 1 heterocycles. The van der Waals surface area contributed by atoms with Crippen molar-refractivity contribution in [2.45, 2.75) is 22.9 Å². The molecule has 0 saturated carbocycles. The number of para-hydroxylation sites is 1. The first-order valence-corrected chi connectivity index (χ1v) is 19.5. The number of H-pyrrole nitrogens is 1. The van der Waals surface area contributed by atoms with Crippen LogP contribution >= 0.6 is 0 Å². The molecule has 270 valence electrons. The molecule has 0 aliphatic rings. The van der Waals surface area contributed by atoms with E-state index in [1.54, 1.807) is 25.4 Å². The van der Waals surface area contributed by atoms with E-state index in [0.29, 0.717) is 11.3 Å². The van der Waals surface area contributed by atoms with E-state index in [1.165, 1.54) is 34.9 Å². The summed E-state index contributed by atoms with van der Waals surface area (Å²) in [5.41, 5.74) is -3.07. The second-order valence-corrected chi connectivity index (χ2v) is 16.5. The van der Waals surface area contributed by atoms with Crippen molar-refractivity contribution in [3.8, 4) is 5.75 Å². The number of methoxy groups -OCH3 is 2. The molecule has 0 aliphatic heterocycles. The number of sulfonamides is 1. The van der Waals surface area contributed by atoms with Gasteiger partial charge in [0.05, 0.1) is 19.1 Å². The Morgan fingerprint density at radius 2 is 1.43 bits per heavy atom. The van der Waals surface area contributed by atoms with Crippen LogP contribution < -0.4 is 36.0 Å². The first-order chi connectivity index (χ1) is 24.0. The van der Waals surface area contributed by atoms with E-state index in [0.717, 1.165) is 25.8 Å². The fraction of sp³-hybridized carbons (Fsp3) is 0.152. The number of nitrogens with one attached hydrogen (secondary N) is 3. The van der Waals surface area contributed by atoms with Gasteiger partial charge in [-0.3, -0.25) is 9.59 Å². The summed E-state index contributed by atoms with van der Waals surface area (Å²) in [6.07, 6.45) is 1.85. The number of benzene rings is 4. The van der Waals surface area contributed by atoms with Gasteiger partial charge in [0.2, 0.25) is 10.0 Å². The molecule has 4 aromatic carbocycles. The van der Waals surface area contributed by atoms with Crippen molar-refractivity contribution in [3.63, 3.8) is 0 Å². The average molecular weight is 860 g/mol. The number of aromatic amines is 1. The van der Waals surface area contributed by atoms with Crippen LogP contribution in [0, 0.1) is 7.14 Å². The molecule has 0 saturated heterocycles. The van der Waals surface area contributed by atoms with Gasteiger partial charge in [-0.1, -0.05) is 18.2 Å².